The van der Waals surface area contributed by atoms with Crippen LogP contribution in [0.3, 0.4) is 0 Å². The lowest BCUT2D eigenvalue weighted by molar-refractivity contribution is 0.0717. The third-order valence-corrected chi connectivity index (χ3v) is 5.69. The minimum atomic E-state index is -0.0619. The quantitative estimate of drug-likeness (QED) is 0.751. The van der Waals surface area contributed by atoms with Crippen molar-refractivity contribution in [2.45, 2.75) is 31.7 Å². The number of imidazole rings is 1. The van der Waals surface area contributed by atoms with E-state index in [-0.39, 0.29) is 11.8 Å². The predicted molar refractivity (Wildman–Crippen MR) is 101 cm³/mol. The lowest BCUT2D eigenvalue weighted by atomic mass is 9.92. The van der Waals surface area contributed by atoms with Gasteiger partial charge in [-0.15, -0.1) is 0 Å². The molecule has 0 radical (unpaired) electrons. The van der Waals surface area contributed by atoms with Gasteiger partial charge in [-0.05, 0) is 30.9 Å². The summed E-state index contributed by atoms with van der Waals surface area (Å²) in [6, 6.07) is 1.97. The van der Waals surface area contributed by atoms with Crippen molar-refractivity contribution >= 4 is 5.91 Å². The molecule has 0 bridgehead atoms. The monoisotopic (exact) mass is 378 g/mol. The fourth-order valence-corrected chi connectivity index (χ4v) is 4.29. The second kappa shape index (κ2) is 6.47. The van der Waals surface area contributed by atoms with Gasteiger partial charge in [-0.2, -0.15) is 5.10 Å². The number of aromatic nitrogens is 5. The number of ether oxygens (including phenoxy) is 1. The van der Waals surface area contributed by atoms with Gasteiger partial charge in [0.2, 0.25) is 5.88 Å². The van der Waals surface area contributed by atoms with E-state index in [9.17, 15) is 4.79 Å². The van der Waals surface area contributed by atoms with Gasteiger partial charge in [0.15, 0.2) is 0 Å². The Hall–Kier alpha value is -3.16. The van der Waals surface area contributed by atoms with Gasteiger partial charge in [-0.3, -0.25) is 9.48 Å². The summed E-state index contributed by atoms with van der Waals surface area (Å²) in [5.74, 6) is 0.341. The van der Waals surface area contributed by atoms with E-state index < -0.39 is 0 Å². The second-order valence-electron chi connectivity index (χ2n) is 7.46. The average Bonchev–Trinajstić information content (AvgIpc) is 3.45. The number of hydrogen-bond acceptors (Lipinski definition) is 5. The van der Waals surface area contributed by atoms with E-state index in [1.165, 1.54) is 0 Å². The molecule has 0 aromatic carbocycles. The van der Waals surface area contributed by atoms with Crippen LogP contribution >= 0.6 is 0 Å². The molecule has 4 heterocycles. The van der Waals surface area contributed by atoms with Crippen molar-refractivity contribution in [1.82, 2.24) is 29.6 Å². The van der Waals surface area contributed by atoms with Gasteiger partial charge in [0.1, 0.15) is 5.56 Å². The van der Waals surface area contributed by atoms with Gasteiger partial charge in [0.25, 0.3) is 5.91 Å². The van der Waals surface area contributed by atoms with Crippen LogP contribution in [0.25, 0.3) is 0 Å². The third-order valence-electron chi connectivity index (χ3n) is 5.69. The van der Waals surface area contributed by atoms with Crippen LogP contribution in [0.15, 0.2) is 24.8 Å². The van der Waals surface area contributed by atoms with Gasteiger partial charge >= 0.3 is 0 Å². The number of rotatable bonds is 3. The van der Waals surface area contributed by atoms with Crippen LogP contribution in [0.4, 0.5) is 0 Å². The zero-order valence-electron chi connectivity index (χ0n) is 16.0. The fraction of sp³-hybridized carbons (Fsp3) is 0.400. The number of aromatic amines is 1. The van der Waals surface area contributed by atoms with Crippen LogP contribution in [0.1, 0.15) is 50.9 Å². The van der Waals surface area contributed by atoms with E-state index >= 15 is 0 Å². The number of carbonyl (C=O) groups excluding carboxylic acids is 1. The minimum absolute atomic E-state index is 0.0129. The van der Waals surface area contributed by atoms with Crippen molar-refractivity contribution in [2.24, 2.45) is 7.05 Å². The highest BCUT2D eigenvalue weighted by Crippen LogP contribution is 2.34. The van der Waals surface area contributed by atoms with Crippen LogP contribution in [0.5, 0.6) is 5.88 Å². The van der Waals surface area contributed by atoms with Crippen LogP contribution < -0.4 is 4.74 Å². The summed E-state index contributed by atoms with van der Waals surface area (Å²) in [6.45, 7) is 1.04. The Labute approximate surface area is 162 Å². The Bertz CT molecular complexity index is 1050. The first-order chi connectivity index (χ1) is 13.6. The zero-order valence-corrected chi connectivity index (χ0v) is 16.0. The first kappa shape index (κ1) is 17.0. The van der Waals surface area contributed by atoms with Crippen LogP contribution in [0, 0.1) is 0 Å². The maximum absolute atomic E-state index is 13.4. The number of H-pyrrole nitrogens is 1. The molecule has 0 spiro atoms. The molecule has 1 aliphatic heterocycles. The molecule has 2 aliphatic rings. The topological polar surface area (TPSA) is 88.9 Å². The van der Waals surface area contributed by atoms with Crippen LogP contribution in [-0.2, 0) is 26.4 Å². The van der Waals surface area contributed by atoms with Crippen molar-refractivity contribution in [3.8, 4) is 5.88 Å². The summed E-state index contributed by atoms with van der Waals surface area (Å²) in [5.41, 5.74) is 5.74. The third kappa shape index (κ3) is 2.67. The highest BCUT2D eigenvalue weighted by atomic mass is 16.5. The summed E-state index contributed by atoms with van der Waals surface area (Å²) in [5, 5.41) is 4.29. The number of pyridine rings is 1. The van der Waals surface area contributed by atoms with Gasteiger partial charge in [0, 0.05) is 37.0 Å². The largest absolute Gasteiger partial charge is 0.480 e. The van der Waals surface area contributed by atoms with Gasteiger partial charge in [-0.1, -0.05) is 0 Å². The number of hydrogen-bond donors (Lipinski definition) is 1. The Balaban J connectivity index is 1.51. The molecule has 1 amide bonds. The van der Waals surface area contributed by atoms with E-state index in [0.29, 0.717) is 24.5 Å². The highest BCUT2D eigenvalue weighted by molar-refractivity contribution is 5.97. The lowest BCUT2D eigenvalue weighted by Crippen LogP contribution is -2.39. The summed E-state index contributed by atoms with van der Waals surface area (Å²) in [6.07, 6.45) is 8.51. The number of nitrogens with zero attached hydrogens (tertiary/aromatic N) is 5. The predicted octanol–water partition coefficient (Wildman–Crippen LogP) is 1.82. The SMILES string of the molecule is COc1nc2c(cc1C(=O)N1Cc3[nH]cnc3C(c3cnn(C)c3)C1)CCC2. The molecule has 1 atom stereocenters. The number of nitrogens with one attached hydrogen (secondary N) is 1. The number of fused-ring (bicyclic) bond motifs is 2. The molecule has 1 unspecified atom stereocenters. The molecule has 3 aromatic rings. The Morgan fingerprint density at radius 2 is 2.25 bits per heavy atom. The minimum Gasteiger partial charge on any atom is -0.480 e. The second-order valence-corrected chi connectivity index (χ2v) is 7.46. The Kier molecular flexibility index (Phi) is 3.92. The highest BCUT2D eigenvalue weighted by Gasteiger charge is 2.34. The van der Waals surface area contributed by atoms with E-state index in [2.05, 4.69) is 20.1 Å². The maximum atomic E-state index is 13.4. The van der Waals surface area contributed by atoms with Crippen LogP contribution in [-0.4, -0.2) is 49.2 Å². The van der Waals surface area contributed by atoms with Gasteiger partial charge in [0.05, 0.1) is 37.6 Å². The molecule has 8 nitrogen and oxygen atoms in total. The molecule has 1 N–H and O–H groups in total. The first-order valence-corrected chi connectivity index (χ1v) is 9.50. The standard InChI is InChI=1S/C20H22N6O2/c1-25-8-13(7-23-25)15-9-26(10-17-18(15)22-11-21-17)20(27)14-6-12-4-3-5-16(12)24-19(14)28-2/h6-8,11,15H,3-5,9-10H2,1-2H3,(H,21,22). The zero-order chi connectivity index (χ0) is 19.3. The van der Waals surface area contributed by atoms with Gasteiger partial charge < -0.3 is 14.6 Å². The van der Waals surface area contributed by atoms with E-state index in [4.69, 9.17) is 4.74 Å². The van der Waals surface area contributed by atoms with Crippen LogP contribution in [0.2, 0.25) is 0 Å². The Morgan fingerprint density at radius 1 is 1.36 bits per heavy atom. The molecule has 0 fully saturated rings. The summed E-state index contributed by atoms with van der Waals surface area (Å²) in [7, 11) is 3.46. The molecule has 1 aliphatic carbocycles. The lowest BCUT2D eigenvalue weighted by Gasteiger charge is -2.32. The molecule has 5 rings (SSSR count). The summed E-state index contributed by atoms with van der Waals surface area (Å²) < 4.78 is 7.23. The van der Waals surface area contributed by atoms with Crippen molar-refractivity contribution in [3.63, 3.8) is 0 Å². The van der Waals surface area contributed by atoms with E-state index in [0.717, 1.165) is 47.5 Å². The molecule has 0 saturated heterocycles. The Morgan fingerprint density at radius 3 is 3.04 bits per heavy atom. The summed E-state index contributed by atoms with van der Waals surface area (Å²) in [4.78, 5) is 27.6. The normalized spacial score (nSPS) is 18.1. The molecule has 0 saturated carbocycles. The molecule has 8 heteroatoms. The first-order valence-electron chi connectivity index (χ1n) is 9.50. The van der Waals surface area contributed by atoms with Crippen molar-refractivity contribution in [1.29, 1.82) is 0 Å². The number of carbonyl (C=O) groups is 1. The van der Waals surface area contributed by atoms with Crippen molar-refractivity contribution in [2.75, 3.05) is 13.7 Å². The molecule has 144 valence electrons. The van der Waals surface area contributed by atoms with Crippen molar-refractivity contribution in [3.05, 3.63) is 58.6 Å². The number of amides is 1. The molecule has 3 aromatic heterocycles. The maximum Gasteiger partial charge on any atom is 0.259 e. The smallest absolute Gasteiger partial charge is 0.259 e. The van der Waals surface area contributed by atoms with Crippen molar-refractivity contribution < 1.29 is 9.53 Å². The number of methoxy groups -OCH3 is 1. The molecular weight excluding hydrogens is 356 g/mol. The summed E-state index contributed by atoms with van der Waals surface area (Å²) >= 11 is 0. The molecular formula is C20H22N6O2. The van der Waals surface area contributed by atoms with E-state index in [1.54, 1.807) is 18.1 Å². The van der Waals surface area contributed by atoms with E-state index in [1.807, 2.05) is 30.4 Å². The number of aryl methyl sites for hydroxylation is 3. The fourth-order valence-electron chi connectivity index (χ4n) is 4.29. The van der Waals surface area contributed by atoms with Gasteiger partial charge in [-0.25, -0.2) is 9.97 Å². The average molecular weight is 378 g/mol. The molecule has 28 heavy (non-hydrogen) atoms.